The van der Waals surface area contributed by atoms with Crippen molar-refractivity contribution >= 4 is 12.4 Å². The average Bonchev–Trinajstić information content (AvgIpc) is 2.57. The molecule has 25 heavy (non-hydrogen) atoms. The Labute approximate surface area is 150 Å². The zero-order chi connectivity index (χ0) is 17.0. The molecule has 0 spiro atoms. The Bertz CT molecular complexity index is 654. The molecular weight excluding hydrogens is 355 g/mol. The van der Waals surface area contributed by atoms with Crippen LogP contribution in [-0.2, 0) is 6.18 Å². The molecule has 0 saturated carbocycles. The normalized spacial score (nSPS) is 15.3. The van der Waals surface area contributed by atoms with Gasteiger partial charge in [-0.3, -0.25) is 0 Å². The largest absolute Gasteiger partial charge is 0.490 e. The van der Waals surface area contributed by atoms with Gasteiger partial charge >= 0.3 is 6.18 Å². The van der Waals surface area contributed by atoms with E-state index in [1.54, 1.807) is 24.3 Å². The summed E-state index contributed by atoms with van der Waals surface area (Å²) < 4.78 is 49.0. The minimum Gasteiger partial charge on any atom is -0.490 e. The van der Waals surface area contributed by atoms with Gasteiger partial charge in [-0.25, -0.2) is 0 Å². The molecule has 0 amide bonds. The molecule has 0 aliphatic carbocycles. The maximum atomic E-state index is 12.5. The van der Waals surface area contributed by atoms with Crippen molar-refractivity contribution in [1.82, 2.24) is 5.32 Å². The molecular formula is C18H19ClF3NO2. The van der Waals surface area contributed by atoms with Crippen LogP contribution in [0, 0.1) is 0 Å². The minimum atomic E-state index is -4.34. The lowest BCUT2D eigenvalue weighted by molar-refractivity contribution is -0.137. The fourth-order valence-corrected chi connectivity index (χ4v) is 2.54. The summed E-state index contributed by atoms with van der Waals surface area (Å²) >= 11 is 0. The molecule has 1 fully saturated rings. The van der Waals surface area contributed by atoms with Crippen molar-refractivity contribution in [1.29, 1.82) is 0 Å². The first kappa shape index (κ1) is 19.4. The third-order valence-corrected chi connectivity index (χ3v) is 3.83. The Morgan fingerprint density at radius 2 is 1.28 bits per heavy atom. The fourth-order valence-electron chi connectivity index (χ4n) is 2.54. The number of halogens is 4. The first-order chi connectivity index (χ1) is 11.5. The third-order valence-electron chi connectivity index (χ3n) is 3.83. The van der Waals surface area contributed by atoms with Crippen molar-refractivity contribution in [2.24, 2.45) is 0 Å². The molecule has 3 nitrogen and oxygen atoms in total. The second kappa shape index (κ2) is 8.45. The summed E-state index contributed by atoms with van der Waals surface area (Å²) in [5.41, 5.74) is -0.694. The van der Waals surface area contributed by atoms with Crippen LogP contribution in [0.3, 0.4) is 0 Å². The molecule has 3 rings (SSSR count). The summed E-state index contributed by atoms with van der Waals surface area (Å²) in [5.74, 6) is 1.67. The molecule has 0 atom stereocenters. The lowest BCUT2D eigenvalue weighted by Gasteiger charge is -2.23. The van der Waals surface area contributed by atoms with Crippen molar-refractivity contribution < 1.29 is 22.6 Å². The molecule has 1 aliphatic rings. The SMILES string of the molecule is Cl.FC(F)(F)c1ccc(Oc2ccc(OC3CCNCC3)cc2)cc1. The highest BCUT2D eigenvalue weighted by Crippen LogP contribution is 2.31. The van der Waals surface area contributed by atoms with Gasteiger partial charge in [0.05, 0.1) is 5.56 Å². The van der Waals surface area contributed by atoms with E-state index in [9.17, 15) is 13.2 Å². The van der Waals surface area contributed by atoms with Crippen molar-refractivity contribution in [2.45, 2.75) is 25.1 Å². The molecule has 0 unspecified atom stereocenters. The van der Waals surface area contributed by atoms with Crippen LogP contribution in [-0.4, -0.2) is 19.2 Å². The smallest absolute Gasteiger partial charge is 0.416 e. The highest BCUT2D eigenvalue weighted by Gasteiger charge is 2.30. The molecule has 1 N–H and O–H groups in total. The van der Waals surface area contributed by atoms with Crippen molar-refractivity contribution in [3.05, 3.63) is 54.1 Å². The van der Waals surface area contributed by atoms with Gasteiger partial charge in [0.2, 0.25) is 0 Å². The lowest BCUT2D eigenvalue weighted by Crippen LogP contribution is -2.34. The molecule has 0 radical (unpaired) electrons. The van der Waals surface area contributed by atoms with Gasteiger partial charge in [-0.2, -0.15) is 13.2 Å². The predicted octanol–water partition coefficient (Wildman–Crippen LogP) is 5.05. The average molecular weight is 374 g/mol. The van der Waals surface area contributed by atoms with Crippen LogP contribution < -0.4 is 14.8 Å². The number of ether oxygens (including phenoxy) is 2. The van der Waals surface area contributed by atoms with E-state index < -0.39 is 11.7 Å². The van der Waals surface area contributed by atoms with Crippen LogP contribution in [0.1, 0.15) is 18.4 Å². The molecule has 1 heterocycles. The van der Waals surface area contributed by atoms with Crippen LogP contribution in [0.15, 0.2) is 48.5 Å². The maximum absolute atomic E-state index is 12.5. The highest BCUT2D eigenvalue weighted by molar-refractivity contribution is 5.85. The zero-order valence-corrected chi connectivity index (χ0v) is 14.2. The Hall–Kier alpha value is -1.92. The Balaban J connectivity index is 0.00000225. The second-order valence-corrected chi connectivity index (χ2v) is 5.66. The quantitative estimate of drug-likeness (QED) is 0.813. The molecule has 2 aromatic rings. The highest BCUT2D eigenvalue weighted by atomic mass is 35.5. The number of hydrogen-bond donors (Lipinski definition) is 1. The van der Waals surface area contributed by atoms with Gasteiger partial charge in [-0.05, 0) is 74.5 Å². The summed E-state index contributed by atoms with van der Waals surface area (Å²) in [6, 6.07) is 11.7. The second-order valence-electron chi connectivity index (χ2n) is 5.66. The minimum absolute atomic E-state index is 0. The Morgan fingerprint density at radius 3 is 1.80 bits per heavy atom. The molecule has 136 valence electrons. The number of hydrogen-bond acceptors (Lipinski definition) is 3. The monoisotopic (exact) mass is 373 g/mol. The zero-order valence-electron chi connectivity index (χ0n) is 13.4. The van der Waals surface area contributed by atoms with Gasteiger partial charge in [0, 0.05) is 0 Å². The van der Waals surface area contributed by atoms with E-state index in [4.69, 9.17) is 9.47 Å². The van der Waals surface area contributed by atoms with Gasteiger partial charge in [-0.1, -0.05) is 0 Å². The van der Waals surface area contributed by atoms with Crippen LogP contribution in [0.25, 0.3) is 0 Å². The number of alkyl halides is 3. The number of piperidine rings is 1. The van der Waals surface area contributed by atoms with Gasteiger partial charge in [-0.15, -0.1) is 12.4 Å². The standard InChI is InChI=1S/C18H18F3NO2.ClH/c19-18(20,21)13-1-3-14(4-2-13)23-15-5-7-16(8-6-15)24-17-9-11-22-12-10-17;/h1-8,17,22H,9-12H2;1H. The Kier molecular flexibility index (Phi) is 6.56. The fraction of sp³-hybridized carbons (Fsp3) is 0.333. The number of benzene rings is 2. The molecule has 1 aliphatic heterocycles. The summed E-state index contributed by atoms with van der Waals surface area (Å²) in [6.45, 7) is 1.92. The van der Waals surface area contributed by atoms with E-state index in [0.29, 0.717) is 11.5 Å². The van der Waals surface area contributed by atoms with Crippen LogP contribution in [0.2, 0.25) is 0 Å². The molecule has 7 heteroatoms. The molecule has 0 bridgehead atoms. The van der Waals surface area contributed by atoms with Crippen LogP contribution >= 0.6 is 12.4 Å². The van der Waals surface area contributed by atoms with E-state index in [1.807, 2.05) is 0 Å². The number of rotatable bonds is 4. The summed E-state index contributed by atoms with van der Waals surface area (Å²) in [4.78, 5) is 0. The van der Waals surface area contributed by atoms with E-state index in [0.717, 1.165) is 43.8 Å². The predicted molar refractivity (Wildman–Crippen MR) is 91.7 cm³/mol. The van der Waals surface area contributed by atoms with E-state index in [-0.39, 0.29) is 18.5 Å². The van der Waals surface area contributed by atoms with Crippen LogP contribution in [0.4, 0.5) is 13.2 Å². The summed E-state index contributed by atoms with van der Waals surface area (Å²) in [5, 5.41) is 3.28. The van der Waals surface area contributed by atoms with Crippen molar-refractivity contribution in [3.8, 4) is 17.2 Å². The summed E-state index contributed by atoms with van der Waals surface area (Å²) in [7, 11) is 0. The van der Waals surface area contributed by atoms with E-state index >= 15 is 0 Å². The van der Waals surface area contributed by atoms with Crippen molar-refractivity contribution in [2.75, 3.05) is 13.1 Å². The van der Waals surface area contributed by atoms with E-state index in [1.165, 1.54) is 12.1 Å². The van der Waals surface area contributed by atoms with E-state index in [2.05, 4.69) is 5.32 Å². The van der Waals surface area contributed by atoms with Gasteiger partial charge in [0.1, 0.15) is 23.4 Å². The molecule has 2 aromatic carbocycles. The number of nitrogens with one attached hydrogen (secondary N) is 1. The van der Waals surface area contributed by atoms with Gasteiger partial charge in [0.25, 0.3) is 0 Å². The molecule has 1 saturated heterocycles. The molecule has 0 aromatic heterocycles. The van der Waals surface area contributed by atoms with Gasteiger partial charge < -0.3 is 14.8 Å². The topological polar surface area (TPSA) is 30.5 Å². The third kappa shape index (κ3) is 5.54. The van der Waals surface area contributed by atoms with Gasteiger partial charge in [0.15, 0.2) is 0 Å². The maximum Gasteiger partial charge on any atom is 0.416 e. The first-order valence-electron chi connectivity index (χ1n) is 7.83. The Morgan fingerprint density at radius 1 is 0.800 bits per heavy atom. The first-order valence-corrected chi connectivity index (χ1v) is 7.83. The lowest BCUT2D eigenvalue weighted by atomic mass is 10.1. The summed E-state index contributed by atoms with van der Waals surface area (Å²) in [6.07, 6.45) is -2.17. The van der Waals surface area contributed by atoms with Crippen molar-refractivity contribution in [3.63, 3.8) is 0 Å². The van der Waals surface area contributed by atoms with Crippen LogP contribution in [0.5, 0.6) is 17.2 Å².